The lowest BCUT2D eigenvalue weighted by Crippen LogP contribution is -2.05. The Hall–Kier alpha value is -0.700. The number of rotatable bonds is 4. The van der Waals surface area contributed by atoms with Gasteiger partial charge in [0.05, 0.1) is 24.2 Å². The summed E-state index contributed by atoms with van der Waals surface area (Å²) in [6, 6.07) is 0. The van der Waals surface area contributed by atoms with Crippen LogP contribution >= 0.6 is 25.3 Å². The van der Waals surface area contributed by atoms with Gasteiger partial charge < -0.3 is 20.4 Å². The average Bonchev–Trinajstić information content (AvgIpc) is 2.29. The number of hydrogen-bond acceptors (Lipinski definition) is 6. The predicted octanol–water partition coefficient (Wildman–Crippen LogP) is -0.473. The Balaban J connectivity index is -0.000000160. The maximum atomic E-state index is 9.29. The molecule has 0 rings (SSSR count). The summed E-state index contributed by atoms with van der Waals surface area (Å²) in [4.78, 5) is 18.6. The van der Waals surface area contributed by atoms with Crippen LogP contribution in [0.4, 0.5) is 0 Å². The molecule has 0 saturated carbocycles. The Morgan fingerprint density at radius 3 is 1.44 bits per heavy atom. The van der Waals surface area contributed by atoms with Gasteiger partial charge >= 0.3 is 11.9 Å². The molecule has 8 heteroatoms. The number of carbonyl (C=O) groups is 2. The highest BCUT2D eigenvalue weighted by molar-refractivity contribution is 7.81. The highest BCUT2D eigenvalue weighted by Crippen LogP contribution is 1.75. The zero-order valence-electron chi connectivity index (χ0n) is 8.48. The number of carboxylic acids is 2. The van der Waals surface area contributed by atoms with Crippen LogP contribution in [0, 0.1) is 0 Å². The van der Waals surface area contributed by atoms with E-state index in [0.29, 0.717) is 0 Å². The Bertz CT molecular complexity index is 183. The van der Waals surface area contributed by atoms with Crippen molar-refractivity contribution >= 4 is 37.2 Å². The molecular weight excluding hydrogens is 256 g/mol. The Kier molecular flexibility index (Phi) is 21.6. The Morgan fingerprint density at radius 2 is 1.44 bits per heavy atom. The maximum absolute atomic E-state index is 9.29. The minimum absolute atomic E-state index is 0.0833. The topological polar surface area (TPSA) is 115 Å². The van der Waals surface area contributed by atoms with Crippen LogP contribution in [-0.4, -0.2) is 56.6 Å². The lowest BCUT2D eigenvalue weighted by atomic mass is 10.4. The van der Waals surface area contributed by atoms with Crippen LogP contribution in [-0.2, 0) is 9.59 Å². The first-order valence-electron chi connectivity index (χ1n) is 3.92. The van der Waals surface area contributed by atoms with E-state index >= 15 is 0 Å². The fourth-order valence-electron chi connectivity index (χ4n) is 0.0745. The first-order valence-corrected chi connectivity index (χ1v) is 5.18. The molecule has 0 fully saturated rings. The van der Waals surface area contributed by atoms with Crippen LogP contribution in [0.15, 0.2) is 12.7 Å². The van der Waals surface area contributed by atoms with Crippen LogP contribution in [0.5, 0.6) is 0 Å². The number of carboxylic acid groups (broad SMARTS) is 2. The molecule has 6 nitrogen and oxygen atoms in total. The van der Waals surface area contributed by atoms with E-state index in [9.17, 15) is 9.59 Å². The minimum atomic E-state index is -0.881. The van der Waals surface area contributed by atoms with Crippen molar-refractivity contribution in [3.05, 3.63) is 12.7 Å². The molecule has 0 radical (unpaired) electrons. The average molecular weight is 272 g/mol. The van der Waals surface area contributed by atoms with Gasteiger partial charge in [0.25, 0.3) is 0 Å². The molecule has 96 valence electrons. The van der Waals surface area contributed by atoms with Crippen LogP contribution in [0.1, 0.15) is 0 Å². The quantitative estimate of drug-likeness (QED) is 0.304. The van der Waals surface area contributed by atoms with Crippen molar-refractivity contribution in [2.45, 2.75) is 6.10 Å². The first-order chi connectivity index (χ1) is 7.35. The van der Waals surface area contributed by atoms with E-state index in [2.05, 4.69) is 31.8 Å². The van der Waals surface area contributed by atoms with Gasteiger partial charge in [0, 0.05) is 0 Å². The van der Waals surface area contributed by atoms with Crippen molar-refractivity contribution in [2.24, 2.45) is 0 Å². The third kappa shape index (κ3) is 37.8. The molecule has 0 aliphatic carbocycles. The minimum Gasteiger partial charge on any atom is -0.481 e. The van der Waals surface area contributed by atoms with E-state index < -0.39 is 18.0 Å². The van der Waals surface area contributed by atoms with Crippen molar-refractivity contribution in [3.63, 3.8) is 0 Å². The van der Waals surface area contributed by atoms with Gasteiger partial charge in [0.15, 0.2) is 0 Å². The van der Waals surface area contributed by atoms with Crippen molar-refractivity contribution in [1.82, 2.24) is 0 Å². The molecule has 0 bridgehead atoms. The van der Waals surface area contributed by atoms with Gasteiger partial charge in [-0.15, -0.1) is 6.58 Å². The summed E-state index contributed by atoms with van der Waals surface area (Å²) >= 11 is 6.83. The van der Waals surface area contributed by atoms with Crippen molar-refractivity contribution < 1.29 is 30.0 Å². The SMILES string of the molecule is C=CC(O)CO.O=C(O)CS.O=C(O)CS. The van der Waals surface area contributed by atoms with Crippen molar-refractivity contribution in [3.8, 4) is 0 Å². The molecule has 0 aromatic heterocycles. The van der Waals surface area contributed by atoms with E-state index in [4.69, 9.17) is 20.4 Å². The molecule has 0 aliphatic heterocycles. The molecule has 0 aromatic carbocycles. The number of aliphatic hydroxyl groups is 2. The summed E-state index contributed by atoms with van der Waals surface area (Å²) in [6.07, 6.45) is 0.532. The van der Waals surface area contributed by atoms with E-state index in [0.717, 1.165) is 0 Å². The Labute approximate surface area is 104 Å². The smallest absolute Gasteiger partial charge is 0.313 e. The standard InChI is InChI=1S/C4H8O2.2C2H4O2S/c1-2-4(6)3-5;2*3-2(4)1-5/h2,4-6H,1,3H2;2*5H,1H2,(H,3,4). The predicted molar refractivity (Wildman–Crippen MR) is 66.3 cm³/mol. The van der Waals surface area contributed by atoms with Gasteiger partial charge in [-0.3, -0.25) is 9.59 Å². The molecule has 0 saturated heterocycles. The molecule has 0 aromatic rings. The molecule has 4 N–H and O–H groups in total. The van der Waals surface area contributed by atoms with Gasteiger partial charge in [-0.1, -0.05) is 6.08 Å². The number of thiol groups is 2. The summed E-state index contributed by atoms with van der Waals surface area (Å²) in [5.41, 5.74) is 0. The molecule has 0 heterocycles. The molecule has 0 aliphatic rings. The fourth-order valence-corrected chi connectivity index (χ4v) is 0.0745. The lowest BCUT2D eigenvalue weighted by Gasteiger charge is -1.93. The zero-order valence-corrected chi connectivity index (χ0v) is 10.3. The third-order valence-electron chi connectivity index (χ3n) is 0.730. The lowest BCUT2D eigenvalue weighted by molar-refractivity contribution is -0.134. The number of aliphatic hydroxyl groups excluding tert-OH is 2. The normalized spacial score (nSPS) is 9.75. The summed E-state index contributed by atoms with van der Waals surface area (Å²) < 4.78 is 0. The van der Waals surface area contributed by atoms with Crippen LogP contribution in [0.25, 0.3) is 0 Å². The van der Waals surface area contributed by atoms with Gasteiger partial charge in [0.2, 0.25) is 0 Å². The van der Waals surface area contributed by atoms with Crippen LogP contribution < -0.4 is 0 Å². The second-order valence-corrected chi connectivity index (χ2v) is 2.72. The summed E-state index contributed by atoms with van der Waals surface area (Å²) in [5, 5.41) is 31.6. The number of hydrogen-bond donors (Lipinski definition) is 6. The van der Waals surface area contributed by atoms with Crippen molar-refractivity contribution in [2.75, 3.05) is 18.1 Å². The summed E-state index contributed by atoms with van der Waals surface area (Å²) in [5.74, 6) is -1.93. The van der Waals surface area contributed by atoms with Crippen molar-refractivity contribution in [1.29, 1.82) is 0 Å². The first kappa shape index (κ1) is 20.7. The number of aliphatic carboxylic acids is 2. The molecule has 16 heavy (non-hydrogen) atoms. The summed E-state index contributed by atoms with van der Waals surface area (Å²) in [7, 11) is 0. The van der Waals surface area contributed by atoms with Gasteiger partial charge in [0.1, 0.15) is 0 Å². The second-order valence-electron chi connectivity index (χ2n) is 2.09. The molecule has 1 atom stereocenters. The van der Waals surface area contributed by atoms with Gasteiger partial charge in [-0.05, 0) is 0 Å². The van der Waals surface area contributed by atoms with E-state index in [1.54, 1.807) is 0 Å². The van der Waals surface area contributed by atoms with E-state index in [1.165, 1.54) is 6.08 Å². The second kappa shape index (κ2) is 16.7. The van der Waals surface area contributed by atoms with Gasteiger partial charge in [-0.2, -0.15) is 25.3 Å². The van der Waals surface area contributed by atoms with Gasteiger partial charge in [-0.25, -0.2) is 0 Å². The van der Waals surface area contributed by atoms with E-state index in [1.807, 2.05) is 0 Å². The zero-order chi connectivity index (χ0) is 13.6. The van der Waals surface area contributed by atoms with Crippen LogP contribution in [0.2, 0.25) is 0 Å². The Morgan fingerprint density at radius 1 is 1.19 bits per heavy atom. The molecule has 1 unspecified atom stereocenters. The molecule has 0 amide bonds. The highest BCUT2D eigenvalue weighted by Gasteiger charge is 1.87. The summed E-state index contributed by atoms with van der Waals surface area (Å²) in [6.45, 7) is 2.99. The largest absolute Gasteiger partial charge is 0.481 e. The maximum Gasteiger partial charge on any atom is 0.313 e. The fraction of sp³-hybridized carbons (Fsp3) is 0.500. The molecular formula is C8H16O6S2. The molecule has 0 spiro atoms. The monoisotopic (exact) mass is 272 g/mol. The third-order valence-corrected chi connectivity index (χ3v) is 1.27. The van der Waals surface area contributed by atoms with E-state index in [-0.39, 0.29) is 18.1 Å². The highest BCUT2D eigenvalue weighted by atomic mass is 32.1. The van der Waals surface area contributed by atoms with Crippen LogP contribution in [0.3, 0.4) is 0 Å².